The predicted octanol–water partition coefficient (Wildman–Crippen LogP) is 10.2. The molecular formula is C40H56F3NO5. The molecule has 1 aromatic heterocycles. The van der Waals surface area contributed by atoms with E-state index in [1.807, 2.05) is 26.8 Å². The lowest BCUT2D eigenvalue weighted by Gasteiger charge is -2.44. The average molecular weight is 688 g/mol. The molecule has 0 saturated carbocycles. The third-order valence-electron chi connectivity index (χ3n) is 10.0. The summed E-state index contributed by atoms with van der Waals surface area (Å²) in [6, 6.07) is 12.8. The second kappa shape index (κ2) is 15.7. The number of alkyl halides is 3. The second-order valence-electron chi connectivity index (χ2n) is 15.7. The van der Waals surface area contributed by atoms with Crippen molar-refractivity contribution in [1.29, 1.82) is 0 Å². The van der Waals surface area contributed by atoms with Crippen LogP contribution in [0.3, 0.4) is 0 Å². The predicted molar refractivity (Wildman–Crippen MR) is 191 cm³/mol. The number of aryl methyl sites for hydroxylation is 2. The molecule has 0 bridgehead atoms. The molecule has 2 unspecified atom stereocenters. The van der Waals surface area contributed by atoms with E-state index in [9.17, 15) is 22.8 Å². The highest BCUT2D eigenvalue weighted by Gasteiger charge is 2.50. The largest absolute Gasteiger partial charge is 0.493 e. The Labute approximate surface area is 289 Å². The molecule has 3 aromatic rings. The van der Waals surface area contributed by atoms with Gasteiger partial charge in [-0.2, -0.15) is 13.2 Å². The number of benzene rings is 2. The van der Waals surface area contributed by atoms with E-state index in [1.54, 1.807) is 39.0 Å². The molecule has 9 heteroatoms. The van der Waals surface area contributed by atoms with Gasteiger partial charge < -0.3 is 19.6 Å². The summed E-state index contributed by atoms with van der Waals surface area (Å²) in [5.41, 5.74) is 5.80. The number of nitrogens with two attached hydrogens (primary N) is 1. The number of unbranched alkanes of at least 4 members (excludes halogenated alkanes) is 2. The number of carbonyl (C=O) groups excluding carboxylic acids is 1. The van der Waals surface area contributed by atoms with Gasteiger partial charge in [0.1, 0.15) is 17.9 Å². The van der Waals surface area contributed by atoms with Crippen LogP contribution in [0.15, 0.2) is 51.7 Å². The van der Waals surface area contributed by atoms with Crippen molar-refractivity contribution in [2.75, 3.05) is 13.2 Å². The van der Waals surface area contributed by atoms with Crippen LogP contribution in [0.4, 0.5) is 13.2 Å². The van der Waals surface area contributed by atoms with E-state index in [-0.39, 0.29) is 16.7 Å². The minimum absolute atomic E-state index is 0.228. The van der Waals surface area contributed by atoms with Gasteiger partial charge in [-0.25, -0.2) is 4.79 Å². The normalized spacial score (nSPS) is 15.1. The number of carbonyl (C=O) groups is 1. The minimum atomic E-state index is -4.54. The fourth-order valence-electron chi connectivity index (χ4n) is 6.24. The van der Waals surface area contributed by atoms with Gasteiger partial charge in [-0.1, -0.05) is 79.0 Å². The van der Waals surface area contributed by atoms with Gasteiger partial charge in [0.2, 0.25) is 0 Å². The van der Waals surface area contributed by atoms with Crippen molar-refractivity contribution in [2.45, 2.75) is 125 Å². The molecule has 2 N–H and O–H groups in total. The smallest absolute Gasteiger partial charge is 0.389 e. The first-order valence-electron chi connectivity index (χ1n) is 17.5. The summed E-state index contributed by atoms with van der Waals surface area (Å²) >= 11 is 0. The van der Waals surface area contributed by atoms with Crippen LogP contribution >= 0.6 is 0 Å². The number of ether oxygens (including phenoxy) is 2. The third-order valence-corrected chi connectivity index (χ3v) is 10.0. The summed E-state index contributed by atoms with van der Waals surface area (Å²) in [7, 11) is 0. The Kier molecular flexibility index (Phi) is 12.8. The summed E-state index contributed by atoms with van der Waals surface area (Å²) in [6.07, 6.45) is 0.592. The number of rotatable bonds is 17. The fraction of sp³-hybridized carbons (Fsp3) is 0.600. The van der Waals surface area contributed by atoms with Crippen LogP contribution in [0.1, 0.15) is 112 Å². The zero-order valence-electron chi connectivity index (χ0n) is 30.9. The van der Waals surface area contributed by atoms with Gasteiger partial charge in [-0.15, -0.1) is 0 Å². The third kappa shape index (κ3) is 10.6. The molecule has 0 saturated heterocycles. The standard InChI is InChI=1S/C40H56F3NO5/c1-10-13-14-15-27-16-19-31(28(11-2)20-27)32-21-29-17-18-30(22-33(29)49-34(32)45)47-25-38(8,24-40(41,42)43)26-48-35(46)39(9,37(6,7)44)23-36(4,5)12-3/h16-22H,10-15,23-26,44H2,1-9H3. The van der Waals surface area contributed by atoms with Crippen LogP contribution in [0, 0.1) is 16.2 Å². The van der Waals surface area contributed by atoms with E-state index < -0.39 is 53.8 Å². The van der Waals surface area contributed by atoms with Crippen LogP contribution < -0.4 is 16.1 Å². The van der Waals surface area contributed by atoms with Gasteiger partial charge in [0.25, 0.3) is 0 Å². The van der Waals surface area contributed by atoms with E-state index >= 15 is 0 Å². The zero-order chi connectivity index (χ0) is 36.8. The SMILES string of the molecule is CCCCCc1ccc(-c2cc3ccc(OCC(C)(COC(=O)C(C)(CC(C)(C)CC)C(C)(C)N)CC(F)(F)F)cc3oc2=O)c(CC)c1. The average Bonchev–Trinajstić information content (AvgIpc) is 3.01. The number of hydrogen-bond donors (Lipinski definition) is 1. The molecule has 0 aliphatic heterocycles. The second-order valence-corrected chi connectivity index (χ2v) is 15.7. The lowest BCUT2D eigenvalue weighted by atomic mass is 9.64. The summed E-state index contributed by atoms with van der Waals surface area (Å²) in [5, 5.41) is 0.654. The van der Waals surface area contributed by atoms with Crippen molar-refractivity contribution in [3.05, 3.63) is 64.0 Å². The van der Waals surface area contributed by atoms with Crippen molar-refractivity contribution in [1.82, 2.24) is 0 Å². The molecule has 2 atom stereocenters. The Morgan fingerprint density at radius 1 is 0.857 bits per heavy atom. The fourth-order valence-corrected chi connectivity index (χ4v) is 6.24. The van der Waals surface area contributed by atoms with Gasteiger partial charge in [0, 0.05) is 22.4 Å². The molecule has 1 heterocycles. The molecule has 6 nitrogen and oxygen atoms in total. The van der Waals surface area contributed by atoms with Crippen molar-refractivity contribution < 1.29 is 31.9 Å². The van der Waals surface area contributed by atoms with E-state index in [1.165, 1.54) is 25.0 Å². The van der Waals surface area contributed by atoms with Gasteiger partial charge in [0.15, 0.2) is 0 Å². The molecule has 0 fully saturated rings. The number of fused-ring (bicyclic) bond motifs is 1. The highest BCUT2D eigenvalue weighted by molar-refractivity contribution is 5.83. The Morgan fingerprint density at radius 3 is 2.14 bits per heavy atom. The first-order valence-corrected chi connectivity index (χ1v) is 17.5. The summed E-state index contributed by atoms with van der Waals surface area (Å²) in [4.78, 5) is 26.7. The lowest BCUT2D eigenvalue weighted by Crippen LogP contribution is -2.56. The van der Waals surface area contributed by atoms with Gasteiger partial charge in [-0.05, 0) is 86.8 Å². The van der Waals surface area contributed by atoms with Crippen molar-refractivity contribution in [3.63, 3.8) is 0 Å². The van der Waals surface area contributed by atoms with Crippen LogP contribution in [0.2, 0.25) is 0 Å². The first kappa shape index (κ1) is 40.1. The molecular weight excluding hydrogens is 631 g/mol. The van der Waals surface area contributed by atoms with Crippen LogP contribution in [0.25, 0.3) is 22.1 Å². The highest BCUT2D eigenvalue weighted by atomic mass is 19.4. The Balaban J connectivity index is 1.84. The molecule has 49 heavy (non-hydrogen) atoms. The van der Waals surface area contributed by atoms with Crippen molar-refractivity contribution in [3.8, 4) is 16.9 Å². The monoisotopic (exact) mass is 687 g/mol. The molecule has 272 valence electrons. The number of halogens is 3. The Hall–Kier alpha value is -3.33. The highest BCUT2D eigenvalue weighted by Crippen LogP contribution is 2.44. The van der Waals surface area contributed by atoms with E-state index in [0.717, 1.165) is 43.2 Å². The molecule has 0 spiro atoms. The van der Waals surface area contributed by atoms with Gasteiger partial charge in [0.05, 0.1) is 24.0 Å². The maximum Gasteiger partial charge on any atom is 0.389 e. The maximum atomic E-state index is 13.8. The van der Waals surface area contributed by atoms with Crippen LogP contribution in [-0.2, 0) is 22.4 Å². The quantitative estimate of drug-likeness (QED) is 0.0863. The molecule has 2 aromatic carbocycles. The molecule has 0 amide bonds. The number of esters is 1. The first-order chi connectivity index (χ1) is 22.7. The summed E-state index contributed by atoms with van der Waals surface area (Å²) in [6.45, 7) is 15.9. The maximum absolute atomic E-state index is 13.8. The topological polar surface area (TPSA) is 91.8 Å². The van der Waals surface area contributed by atoms with E-state index in [2.05, 4.69) is 26.0 Å². The lowest BCUT2D eigenvalue weighted by molar-refractivity contribution is -0.182. The molecule has 0 aliphatic carbocycles. The minimum Gasteiger partial charge on any atom is -0.493 e. The van der Waals surface area contributed by atoms with Gasteiger partial charge in [-0.3, -0.25) is 4.79 Å². The molecule has 0 radical (unpaired) electrons. The van der Waals surface area contributed by atoms with Crippen molar-refractivity contribution >= 4 is 16.9 Å². The van der Waals surface area contributed by atoms with Crippen molar-refractivity contribution in [2.24, 2.45) is 22.0 Å². The van der Waals surface area contributed by atoms with E-state index in [0.29, 0.717) is 17.4 Å². The Morgan fingerprint density at radius 2 is 1.55 bits per heavy atom. The van der Waals surface area contributed by atoms with Gasteiger partial charge >= 0.3 is 17.8 Å². The zero-order valence-corrected chi connectivity index (χ0v) is 30.9. The molecule has 3 rings (SSSR count). The van der Waals surface area contributed by atoms with Crippen LogP contribution in [-0.4, -0.2) is 30.9 Å². The Bertz CT molecular complexity index is 1640. The summed E-state index contributed by atoms with van der Waals surface area (Å²) in [5.74, 6) is -0.415. The number of hydrogen-bond acceptors (Lipinski definition) is 6. The van der Waals surface area contributed by atoms with E-state index in [4.69, 9.17) is 19.6 Å². The molecule has 0 aliphatic rings. The summed E-state index contributed by atoms with van der Waals surface area (Å²) < 4.78 is 58.7. The van der Waals surface area contributed by atoms with Crippen LogP contribution in [0.5, 0.6) is 5.75 Å².